The summed E-state index contributed by atoms with van der Waals surface area (Å²) in [6.07, 6.45) is 5.15. The van der Waals surface area contributed by atoms with Gasteiger partial charge in [0.25, 0.3) is 5.22 Å². The molecule has 0 aliphatic rings. The minimum Gasteiger partial charge on any atom is -0.416 e. The van der Waals surface area contributed by atoms with Crippen molar-refractivity contribution in [1.82, 2.24) is 30.5 Å². The zero-order chi connectivity index (χ0) is 18.5. The number of aryl methyl sites for hydroxylation is 2. The maximum Gasteiger partial charge on any atom is 0.277 e. The van der Waals surface area contributed by atoms with E-state index < -0.39 is 0 Å². The van der Waals surface area contributed by atoms with Gasteiger partial charge in [-0.1, -0.05) is 11.8 Å². The molecular weight excluding hydrogens is 352 g/mol. The van der Waals surface area contributed by atoms with Crippen LogP contribution < -0.4 is 5.32 Å². The Labute approximate surface area is 154 Å². The van der Waals surface area contributed by atoms with Crippen molar-refractivity contribution in [2.24, 2.45) is 0 Å². The van der Waals surface area contributed by atoms with Gasteiger partial charge in [0.2, 0.25) is 11.8 Å². The third-order valence-electron chi connectivity index (χ3n) is 3.63. The fourth-order valence-electron chi connectivity index (χ4n) is 2.37. The molecular formula is C17H18N6O2S. The van der Waals surface area contributed by atoms with Gasteiger partial charge in [0.05, 0.1) is 11.8 Å². The molecule has 0 fully saturated rings. The summed E-state index contributed by atoms with van der Waals surface area (Å²) in [6.45, 7) is 5.51. The van der Waals surface area contributed by atoms with Crippen LogP contribution in [0.3, 0.4) is 0 Å². The molecule has 0 aliphatic heterocycles. The van der Waals surface area contributed by atoms with Gasteiger partial charge < -0.3 is 9.73 Å². The summed E-state index contributed by atoms with van der Waals surface area (Å²) in [5.74, 6) is 1.18. The van der Waals surface area contributed by atoms with Crippen LogP contribution in [-0.2, 0) is 4.79 Å². The molecule has 8 nitrogen and oxygen atoms in total. The quantitative estimate of drug-likeness (QED) is 0.660. The Morgan fingerprint density at radius 3 is 2.69 bits per heavy atom. The first-order valence-electron chi connectivity index (χ1n) is 7.99. The zero-order valence-electron chi connectivity index (χ0n) is 14.6. The summed E-state index contributed by atoms with van der Waals surface area (Å²) < 4.78 is 5.23. The van der Waals surface area contributed by atoms with E-state index in [1.165, 1.54) is 11.8 Å². The summed E-state index contributed by atoms with van der Waals surface area (Å²) in [7, 11) is 0. The molecule has 1 N–H and O–H groups in total. The molecule has 0 saturated carbocycles. The average Bonchev–Trinajstić information content (AvgIpc) is 3.06. The van der Waals surface area contributed by atoms with E-state index in [1.807, 2.05) is 26.0 Å². The van der Waals surface area contributed by atoms with Crippen molar-refractivity contribution in [3.05, 3.63) is 47.9 Å². The lowest BCUT2D eigenvalue weighted by atomic mass is 10.1. The van der Waals surface area contributed by atoms with Crippen molar-refractivity contribution in [3.8, 4) is 11.4 Å². The van der Waals surface area contributed by atoms with Crippen LogP contribution in [0.4, 0.5) is 0 Å². The number of hydrogen-bond donors (Lipinski definition) is 1. The molecule has 1 atom stereocenters. The molecule has 1 amide bonds. The Bertz CT molecular complexity index is 899. The van der Waals surface area contributed by atoms with Gasteiger partial charge in [-0.3, -0.25) is 9.78 Å². The van der Waals surface area contributed by atoms with E-state index in [9.17, 15) is 4.79 Å². The lowest BCUT2D eigenvalue weighted by Crippen LogP contribution is -2.29. The molecule has 0 unspecified atom stereocenters. The van der Waals surface area contributed by atoms with E-state index in [1.54, 1.807) is 25.5 Å². The number of nitrogens with one attached hydrogen (secondary N) is 1. The number of carbonyl (C=O) groups excluding carboxylic acids is 1. The smallest absolute Gasteiger partial charge is 0.277 e. The molecule has 3 aromatic rings. The van der Waals surface area contributed by atoms with E-state index in [2.05, 4.69) is 30.5 Å². The highest BCUT2D eigenvalue weighted by atomic mass is 32.2. The van der Waals surface area contributed by atoms with Crippen molar-refractivity contribution < 1.29 is 9.21 Å². The Morgan fingerprint density at radius 1 is 1.27 bits per heavy atom. The molecule has 3 heterocycles. The second kappa shape index (κ2) is 8.05. The van der Waals surface area contributed by atoms with Crippen LogP contribution in [-0.4, -0.2) is 36.8 Å². The van der Waals surface area contributed by atoms with Crippen LogP contribution in [0.1, 0.15) is 30.1 Å². The Hall–Kier alpha value is -2.81. The van der Waals surface area contributed by atoms with Crippen molar-refractivity contribution in [2.75, 3.05) is 5.75 Å². The minimum absolute atomic E-state index is 0.129. The number of carbonyl (C=O) groups is 1. The van der Waals surface area contributed by atoms with Gasteiger partial charge in [0.15, 0.2) is 5.82 Å². The van der Waals surface area contributed by atoms with E-state index in [-0.39, 0.29) is 17.7 Å². The van der Waals surface area contributed by atoms with Crippen LogP contribution in [0.2, 0.25) is 0 Å². The van der Waals surface area contributed by atoms with Gasteiger partial charge in [-0.25, -0.2) is 9.97 Å². The maximum atomic E-state index is 12.1. The van der Waals surface area contributed by atoms with Crippen molar-refractivity contribution in [3.63, 3.8) is 0 Å². The minimum atomic E-state index is -0.209. The first-order valence-corrected chi connectivity index (χ1v) is 8.97. The predicted molar refractivity (Wildman–Crippen MR) is 96.3 cm³/mol. The van der Waals surface area contributed by atoms with Gasteiger partial charge in [-0.15, -0.1) is 10.2 Å². The van der Waals surface area contributed by atoms with E-state index in [0.29, 0.717) is 16.9 Å². The van der Waals surface area contributed by atoms with E-state index >= 15 is 0 Å². The summed E-state index contributed by atoms with van der Waals surface area (Å²) in [5.41, 5.74) is 2.59. The number of thioether (sulfide) groups is 1. The molecule has 26 heavy (non-hydrogen) atoms. The number of nitrogens with zero attached hydrogens (tertiary/aromatic N) is 5. The van der Waals surface area contributed by atoms with Crippen molar-refractivity contribution in [1.29, 1.82) is 0 Å². The predicted octanol–water partition coefficient (Wildman–Crippen LogP) is 2.51. The molecule has 0 saturated heterocycles. The molecule has 3 aromatic heterocycles. The standard InChI is InChI=1S/C17H18N6O2S/c1-10(20-15(24)9-26-17-23-22-12(3)25-17)14-8-19-16(21-11(14)2)13-4-6-18-7-5-13/h4-8,10H,9H2,1-3H3,(H,20,24)/t10-/m1/s1. The van der Waals surface area contributed by atoms with Crippen LogP contribution in [0.5, 0.6) is 0 Å². The van der Waals surface area contributed by atoms with Crippen LogP contribution >= 0.6 is 11.8 Å². The normalized spacial score (nSPS) is 12.0. The summed E-state index contributed by atoms with van der Waals surface area (Å²) in [6, 6.07) is 3.51. The van der Waals surface area contributed by atoms with Crippen molar-refractivity contribution in [2.45, 2.75) is 32.0 Å². The number of amides is 1. The molecule has 134 valence electrons. The highest BCUT2D eigenvalue weighted by molar-refractivity contribution is 7.99. The molecule has 9 heteroatoms. The third-order valence-corrected chi connectivity index (χ3v) is 4.45. The van der Waals surface area contributed by atoms with Crippen LogP contribution in [0.15, 0.2) is 40.4 Å². The molecule has 0 aromatic carbocycles. The van der Waals surface area contributed by atoms with Crippen LogP contribution in [0.25, 0.3) is 11.4 Å². The largest absolute Gasteiger partial charge is 0.416 e. The SMILES string of the molecule is Cc1nnc(SCC(=O)N[C@H](C)c2cnc(-c3ccncc3)nc2C)o1. The van der Waals surface area contributed by atoms with Crippen molar-refractivity contribution >= 4 is 17.7 Å². The summed E-state index contributed by atoms with van der Waals surface area (Å²) >= 11 is 1.20. The Kier molecular flexibility index (Phi) is 5.57. The topological polar surface area (TPSA) is 107 Å². The summed E-state index contributed by atoms with van der Waals surface area (Å²) in [5, 5.41) is 10.9. The van der Waals surface area contributed by atoms with Crippen LogP contribution in [0, 0.1) is 13.8 Å². The number of pyridine rings is 1. The monoisotopic (exact) mass is 370 g/mol. The highest BCUT2D eigenvalue weighted by Gasteiger charge is 2.15. The second-order valence-corrected chi connectivity index (χ2v) is 6.56. The van der Waals surface area contributed by atoms with Gasteiger partial charge in [-0.2, -0.15) is 0 Å². The molecule has 3 rings (SSSR count). The summed E-state index contributed by atoms with van der Waals surface area (Å²) in [4.78, 5) is 25.1. The Morgan fingerprint density at radius 2 is 2.04 bits per heavy atom. The number of rotatable bonds is 6. The van der Waals surface area contributed by atoms with E-state index in [4.69, 9.17) is 4.42 Å². The van der Waals surface area contributed by atoms with Gasteiger partial charge in [0.1, 0.15) is 0 Å². The third kappa shape index (κ3) is 4.42. The molecule has 0 spiro atoms. The first-order chi connectivity index (χ1) is 12.5. The first kappa shape index (κ1) is 18.0. The fourth-order valence-corrected chi connectivity index (χ4v) is 2.98. The Balaban J connectivity index is 1.62. The van der Waals surface area contributed by atoms with Gasteiger partial charge in [0, 0.05) is 42.3 Å². The molecule has 0 radical (unpaired) electrons. The van der Waals surface area contributed by atoms with Gasteiger partial charge >= 0.3 is 0 Å². The average molecular weight is 370 g/mol. The molecule has 0 aliphatic carbocycles. The lowest BCUT2D eigenvalue weighted by molar-refractivity contribution is -0.119. The molecule has 0 bridgehead atoms. The zero-order valence-corrected chi connectivity index (χ0v) is 15.4. The number of aromatic nitrogens is 5. The lowest BCUT2D eigenvalue weighted by Gasteiger charge is -2.16. The van der Waals surface area contributed by atoms with Gasteiger partial charge in [-0.05, 0) is 26.0 Å². The number of hydrogen-bond acceptors (Lipinski definition) is 8. The fraction of sp³-hybridized carbons (Fsp3) is 0.294. The maximum absolute atomic E-state index is 12.1. The van der Waals surface area contributed by atoms with E-state index in [0.717, 1.165) is 16.8 Å². The highest BCUT2D eigenvalue weighted by Crippen LogP contribution is 2.20. The second-order valence-electron chi connectivity index (χ2n) is 5.64.